The lowest BCUT2D eigenvalue weighted by Gasteiger charge is -2.40. The summed E-state index contributed by atoms with van der Waals surface area (Å²) in [6.45, 7) is 4.03. The fourth-order valence-corrected chi connectivity index (χ4v) is 5.29. The largest absolute Gasteiger partial charge is 0.363 e. The molecular formula is C16H28N2O4S. The second kappa shape index (κ2) is 6.01. The number of rotatable bonds is 2. The van der Waals surface area contributed by atoms with Crippen molar-refractivity contribution < 1.29 is 17.9 Å². The van der Waals surface area contributed by atoms with E-state index in [1.807, 2.05) is 4.90 Å². The topological polar surface area (TPSA) is 66.9 Å². The van der Waals surface area contributed by atoms with E-state index in [0.717, 1.165) is 19.5 Å². The molecule has 0 unspecified atom stereocenters. The predicted octanol–water partition coefficient (Wildman–Crippen LogP) is 1.22. The minimum absolute atomic E-state index is 0.0479. The van der Waals surface area contributed by atoms with Gasteiger partial charge < -0.3 is 9.64 Å². The van der Waals surface area contributed by atoms with Gasteiger partial charge in [0.05, 0.1) is 19.4 Å². The molecule has 3 fully saturated rings. The Bertz CT molecular complexity index is 571. The molecule has 23 heavy (non-hydrogen) atoms. The highest BCUT2D eigenvalue weighted by atomic mass is 32.2. The van der Waals surface area contributed by atoms with Crippen LogP contribution in [0.15, 0.2) is 0 Å². The molecule has 3 aliphatic rings. The summed E-state index contributed by atoms with van der Waals surface area (Å²) in [5.41, 5.74) is -0.753. The quantitative estimate of drug-likeness (QED) is 0.755. The van der Waals surface area contributed by atoms with Crippen LogP contribution in [0.3, 0.4) is 0 Å². The average Bonchev–Trinajstić information content (AvgIpc) is 2.90. The molecule has 1 atom stereocenters. The first-order valence-electron chi connectivity index (χ1n) is 8.63. The van der Waals surface area contributed by atoms with Crippen molar-refractivity contribution in [2.45, 2.75) is 51.0 Å². The lowest BCUT2D eigenvalue weighted by atomic mass is 9.73. The number of carbonyl (C=O) groups is 1. The number of amides is 1. The molecule has 1 saturated carbocycles. The van der Waals surface area contributed by atoms with Crippen LogP contribution in [0.2, 0.25) is 0 Å². The monoisotopic (exact) mass is 344 g/mol. The van der Waals surface area contributed by atoms with Crippen molar-refractivity contribution in [3.05, 3.63) is 0 Å². The van der Waals surface area contributed by atoms with Crippen LogP contribution in [-0.2, 0) is 19.6 Å². The highest BCUT2D eigenvalue weighted by Crippen LogP contribution is 2.44. The number of morpholine rings is 1. The molecule has 0 aromatic rings. The predicted molar refractivity (Wildman–Crippen MR) is 87.5 cm³/mol. The van der Waals surface area contributed by atoms with Crippen LogP contribution in [0.4, 0.5) is 0 Å². The Balaban J connectivity index is 1.70. The summed E-state index contributed by atoms with van der Waals surface area (Å²) in [6.07, 6.45) is 8.52. The Labute approximate surface area is 139 Å². The van der Waals surface area contributed by atoms with E-state index < -0.39 is 15.6 Å². The highest BCUT2D eigenvalue weighted by Gasteiger charge is 2.48. The van der Waals surface area contributed by atoms with Gasteiger partial charge in [-0.2, -0.15) is 4.31 Å². The van der Waals surface area contributed by atoms with Crippen LogP contribution in [0.25, 0.3) is 0 Å². The van der Waals surface area contributed by atoms with E-state index in [1.165, 1.54) is 42.7 Å². The fourth-order valence-electron chi connectivity index (χ4n) is 4.40. The fraction of sp³-hybridized carbons (Fsp3) is 0.938. The van der Waals surface area contributed by atoms with Crippen molar-refractivity contribution in [2.75, 3.05) is 39.0 Å². The maximum absolute atomic E-state index is 13.0. The van der Waals surface area contributed by atoms with Crippen molar-refractivity contribution in [1.29, 1.82) is 0 Å². The van der Waals surface area contributed by atoms with E-state index in [1.54, 1.807) is 6.92 Å². The molecule has 3 rings (SSSR count). The molecule has 1 amide bonds. The van der Waals surface area contributed by atoms with Crippen molar-refractivity contribution in [2.24, 2.45) is 5.41 Å². The lowest BCUT2D eigenvalue weighted by Crippen LogP contribution is -2.59. The summed E-state index contributed by atoms with van der Waals surface area (Å²) in [5.74, 6) is -0.0479. The Hall–Kier alpha value is -0.660. The first kappa shape index (κ1) is 17.2. The number of hydrogen-bond donors (Lipinski definition) is 0. The maximum Gasteiger partial charge on any atom is 0.255 e. The number of ether oxygens (including phenoxy) is 1. The summed E-state index contributed by atoms with van der Waals surface area (Å²) in [4.78, 5) is 14.9. The zero-order valence-corrected chi connectivity index (χ0v) is 15.0. The van der Waals surface area contributed by atoms with Crippen LogP contribution in [0, 0.1) is 5.41 Å². The summed E-state index contributed by atoms with van der Waals surface area (Å²) in [7, 11) is -3.30. The second-order valence-corrected chi connectivity index (χ2v) is 9.70. The minimum Gasteiger partial charge on any atom is -0.363 e. The smallest absolute Gasteiger partial charge is 0.255 e. The van der Waals surface area contributed by atoms with Gasteiger partial charge in [0.25, 0.3) is 5.91 Å². The summed E-state index contributed by atoms with van der Waals surface area (Å²) >= 11 is 0. The van der Waals surface area contributed by atoms with Crippen LogP contribution in [0.5, 0.6) is 0 Å². The number of nitrogens with zero attached hydrogens (tertiary/aromatic N) is 2. The van der Waals surface area contributed by atoms with Gasteiger partial charge in [0.1, 0.15) is 0 Å². The van der Waals surface area contributed by atoms with E-state index >= 15 is 0 Å². The van der Waals surface area contributed by atoms with Crippen molar-refractivity contribution in [3.63, 3.8) is 0 Å². The van der Waals surface area contributed by atoms with E-state index in [2.05, 4.69) is 0 Å². The Morgan fingerprint density at radius 2 is 1.74 bits per heavy atom. The van der Waals surface area contributed by atoms with E-state index in [-0.39, 0.29) is 19.1 Å². The Morgan fingerprint density at radius 3 is 2.39 bits per heavy atom. The molecule has 0 aromatic heterocycles. The molecule has 1 spiro atoms. The van der Waals surface area contributed by atoms with Crippen molar-refractivity contribution >= 4 is 15.9 Å². The molecule has 2 saturated heterocycles. The number of hydrogen-bond acceptors (Lipinski definition) is 4. The van der Waals surface area contributed by atoms with Crippen LogP contribution in [-0.4, -0.2) is 68.2 Å². The van der Waals surface area contributed by atoms with Gasteiger partial charge in [-0.1, -0.05) is 19.3 Å². The molecule has 0 aromatic carbocycles. The van der Waals surface area contributed by atoms with E-state index in [0.29, 0.717) is 12.0 Å². The Morgan fingerprint density at radius 1 is 1.04 bits per heavy atom. The van der Waals surface area contributed by atoms with Gasteiger partial charge >= 0.3 is 0 Å². The molecule has 2 aliphatic heterocycles. The zero-order chi connectivity index (χ0) is 16.7. The first-order valence-corrected chi connectivity index (χ1v) is 10.5. The standard InChI is InChI=1S/C16H28N2O4S/c1-15(12-18(10-11-22-15)23(2,20)21)14(19)17-9-8-16(13-17)6-4-3-5-7-16/h3-13H2,1-2H3/t15-/m0/s1. The average molecular weight is 344 g/mol. The molecule has 132 valence electrons. The number of likely N-dealkylation sites (tertiary alicyclic amines) is 1. The summed E-state index contributed by atoms with van der Waals surface area (Å²) in [6, 6.07) is 0. The van der Waals surface area contributed by atoms with Gasteiger partial charge in [-0.05, 0) is 31.6 Å². The highest BCUT2D eigenvalue weighted by molar-refractivity contribution is 7.88. The molecule has 0 radical (unpaired) electrons. The zero-order valence-electron chi connectivity index (χ0n) is 14.2. The minimum atomic E-state index is -3.30. The number of sulfonamides is 1. The van der Waals surface area contributed by atoms with E-state index in [4.69, 9.17) is 4.74 Å². The SMILES string of the molecule is C[C@@]1(C(=O)N2CCC3(CCCCC3)C2)CN(S(C)(=O)=O)CCO1. The van der Waals surface area contributed by atoms with Crippen LogP contribution < -0.4 is 0 Å². The van der Waals surface area contributed by atoms with Gasteiger partial charge in [0.2, 0.25) is 10.0 Å². The number of carbonyl (C=O) groups excluding carboxylic acids is 1. The lowest BCUT2D eigenvalue weighted by molar-refractivity contribution is -0.162. The molecular weight excluding hydrogens is 316 g/mol. The third-order valence-electron chi connectivity index (χ3n) is 5.80. The van der Waals surface area contributed by atoms with Gasteiger partial charge in [0.15, 0.2) is 5.60 Å². The molecule has 7 heteroatoms. The van der Waals surface area contributed by atoms with Gasteiger partial charge in [0, 0.05) is 19.6 Å². The van der Waals surface area contributed by atoms with Crippen LogP contribution >= 0.6 is 0 Å². The maximum atomic E-state index is 13.0. The molecule has 0 bridgehead atoms. The second-order valence-electron chi connectivity index (χ2n) is 7.71. The van der Waals surface area contributed by atoms with Gasteiger partial charge in [-0.3, -0.25) is 4.79 Å². The summed E-state index contributed by atoms with van der Waals surface area (Å²) in [5, 5.41) is 0. The van der Waals surface area contributed by atoms with Crippen molar-refractivity contribution in [1.82, 2.24) is 9.21 Å². The molecule has 1 aliphatic carbocycles. The first-order chi connectivity index (χ1) is 10.7. The molecule has 2 heterocycles. The summed E-state index contributed by atoms with van der Waals surface area (Å²) < 4.78 is 30.7. The van der Waals surface area contributed by atoms with Gasteiger partial charge in [-0.15, -0.1) is 0 Å². The third-order valence-corrected chi connectivity index (χ3v) is 7.05. The van der Waals surface area contributed by atoms with E-state index in [9.17, 15) is 13.2 Å². The Kier molecular flexibility index (Phi) is 4.48. The molecule has 6 nitrogen and oxygen atoms in total. The third kappa shape index (κ3) is 3.42. The van der Waals surface area contributed by atoms with Crippen molar-refractivity contribution in [3.8, 4) is 0 Å². The van der Waals surface area contributed by atoms with Gasteiger partial charge in [-0.25, -0.2) is 8.42 Å². The molecule has 0 N–H and O–H groups in total. The van der Waals surface area contributed by atoms with Crippen LogP contribution in [0.1, 0.15) is 45.4 Å². The normalized spacial score (nSPS) is 32.3.